The van der Waals surface area contributed by atoms with Crippen molar-refractivity contribution in [1.29, 1.82) is 0 Å². The summed E-state index contributed by atoms with van der Waals surface area (Å²) in [5.41, 5.74) is 0. The topological polar surface area (TPSA) is 64.5 Å². The number of piperidine rings is 1. The fourth-order valence-corrected chi connectivity index (χ4v) is 1.89. The maximum atomic E-state index is 11.5. The number of rotatable bonds is 3. The maximum Gasteiger partial charge on any atom is 0.409 e. The normalized spacial score (nSPS) is 16.4. The summed E-state index contributed by atoms with van der Waals surface area (Å²) in [6.07, 6.45) is 3.03. The second kappa shape index (κ2) is 6.18. The Kier molecular flexibility index (Phi) is 4.33. The highest BCUT2D eigenvalue weighted by atomic mass is 16.6. The van der Waals surface area contributed by atoms with E-state index in [1.807, 2.05) is 6.92 Å². The van der Waals surface area contributed by atoms with Gasteiger partial charge in [0.15, 0.2) is 0 Å². The van der Waals surface area contributed by atoms with E-state index in [-0.39, 0.29) is 12.2 Å². The van der Waals surface area contributed by atoms with Gasteiger partial charge < -0.3 is 14.4 Å². The van der Waals surface area contributed by atoms with E-state index in [0.29, 0.717) is 25.6 Å². The highest BCUT2D eigenvalue weighted by molar-refractivity contribution is 5.67. The van der Waals surface area contributed by atoms with Gasteiger partial charge in [0.1, 0.15) is 6.10 Å². The second-order valence-corrected chi connectivity index (χ2v) is 4.07. The summed E-state index contributed by atoms with van der Waals surface area (Å²) < 4.78 is 10.6. The average Bonchev–Trinajstić information content (AvgIpc) is 2.41. The molecule has 0 radical (unpaired) electrons. The van der Waals surface area contributed by atoms with Gasteiger partial charge in [0, 0.05) is 38.2 Å². The van der Waals surface area contributed by atoms with Crippen LogP contribution in [0.1, 0.15) is 19.8 Å². The molecule has 1 amide bonds. The Morgan fingerprint density at radius 2 is 2.28 bits per heavy atom. The molecule has 0 spiro atoms. The third-order valence-electron chi connectivity index (χ3n) is 2.80. The summed E-state index contributed by atoms with van der Waals surface area (Å²) in [5, 5.41) is 7.64. The largest absolute Gasteiger partial charge is 0.473 e. The third kappa shape index (κ3) is 3.32. The van der Waals surface area contributed by atoms with Crippen LogP contribution < -0.4 is 4.74 Å². The molecule has 0 saturated carbocycles. The molecular weight excluding hydrogens is 234 g/mol. The Balaban J connectivity index is 1.78. The van der Waals surface area contributed by atoms with Crippen LogP contribution in [0.4, 0.5) is 4.79 Å². The number of hydrogen-bond donors (Lipinski definition) is 0. The molecule has 1 aromatic rings. The van der Waals surface area contributed by atoms with Gasteiger partial charge in [0.2, 0.25) is 5.88 Å². The average molecular weight is 251 g/mol. The van der Waals surface area contributed by atoms with Gasteiger partial charge in [-0.05, 0) is 13.0 Å². The smallest absolute Gasteiger partial charge is 0.409 e. The SMILES string of the molecule is CCOC(=O)N1CCC(Oc2cccnn2)CC1. The molecule has 98 valence electrons. The van der Waals surface area contributed by atoms with E-state index in [4.69, 9.17) is 9.47 Å². The standard InChI is InChI=1S/C12H17N3O3/c1-2-17-12(16)15-8-5-10(6-9-15)18-11-4-3-7-13-14-11/h3-4,7,10H,2,5-6,8-9H2,1H3. The molecule has 0 unspecified atom stereocenters. The van der Waals surface area contributed by atoms with Crippen molar-refractivity contribution in [3.8, 4) is 5.88 Å². The molecule has 6 heteroatoms. The molecule has 0 bridgehead atoms. The number of likely N-dealkylation sites (tertiary alicyclic amines) is 1. The number of carbonyl (C=O) groups excluding carboxylic acids is 1. The van der Waals surface area contributed by atoms with Crippen LogP contribution >= 0.6 is 0 Å². The van der Waals surface area contributed by atoms with E-state index in [9.17, 15) is 4.79 Å². The van der Waals surface area contributed by atoms with E-state index in [2.05, 4.69) is 10.2 Å². The predicted octanol–water partition coefficient (Wildman–Crippen LogP) is 1.48. The van der Waals surface area contributed by atoms with Crippen molar-refractivity contribution in [2.75, 3.05) is 19.7 Å². The lowest BCUT2D eigenvalue weighted by atomic mass is 10.1. The summed E-state index contributed by atoms with van der Waals surface area (Å²) in [4.78, 5) is 13.2. The number of carbonyl (C=O) groups is 1. The highest BCUT2D eigenvalue weighted by Gasteiger charge is 2.24. The van der Waals surface area contributed by atoms with Gasteiger partial charge >= 0.3 is 6.09 Å². The van der Waals surface area contributed by atoms with Crippen LogP contribution in [0.2, 0.25) is 0 Å². The van der Waals surface area contributed by atoms with E-state index >= 15 is 0 Å². The van der Waals surface area contributed by atoms with E-state index < -0.39 is 0 Å². The monoisotopic (exact) mass is 251 g/mol. The van der Waals surface area contributed by atoms with Gasteiger partial charge in [-0.25, -0.2) is 4.79 Å². The second-order valence-electron chi connectivity index (χ2n) is 4.07. The molecule has 0 aliphatic carbocycles. The predicted molar refractivity (Wildman–Crippen MR) is 64.3 cm³/mol. The highest BCUT2D eigenvalue weighted by Crippen LogP contribution is 2.16. The number of hydrogen-bond acceptors (Lipinski definition) is 5. The molecule has 1 aliphatic heterocycles. The summed E-state index contributed by atoms with van der Waals surface area (Å²) in [6.45, 7) is 3.53. The summed E-state index contributed by atoms with van der Waals surface area (Å²) in [5.74, 6) is 0.534. The van der Waals surface area contributed by atoms with E-state index in [1.54, 1.807) is 23.2 Å². The number of aromatic nitrogens is 2. The quantitative estimate of drug-likeness (QED) is 0.814. The van der Waals surface area contributed by atoms with Gasteiger partial charge in [0.05, 0.1) is 6.61 Å². The minimum absolute atomic E-state index is 0.0902. The van der Waals surface area contributed by atoms with Crippen LogP contribution in [0.3, 0.4) is 0 Å². The molecule has 1 saturated heterocycles. The van der Waals surface area contributed by atoms with Crippen molar-refractivity contribution >= 4 is 6.09 Å². The zero-order valence-corrected chi connectivity index (χ0v) is 10.4. The van der Waals surface area contributed by atoms with Gasteiger partial charge in [0.25, 0.3) is 0 Å². The molecule has 2 rings (SSSR count). The van der Waals surface area contributed by atoms with Crippen LogP contribution in [0.15, 0.2) is 18.3 Å². The van der Waals surface area contributed by atoms with Crippen LogP contribution in [0.25, 0.3) is 0 Å². The first-order chi connectivity index (χ1) is 8.79. The molecule has 0 aromatic carbocycles. The van der Waals surface area contributed by atoms with Crippen LogP contribution in [0.5, 0.6) is 5.88 Å². The zero-order chi connectivity index (χ0) is 12.8. The first-order valence-electron chi connectivity index (χ1n) is 6.15. The van der Waals surface area contributed by atoms with Crippen LogP contribution in [-0.4, -0.2) is 47.0 Å². The van der Waals surface area contributed by atoms with Crippen LogP contribution in [-0.2, 0) is 4.74 Å². The Labute approximate surface area is 106 Å². The summed E-state index contributed by atoms with van der Waals surface area (Å²) in [6, 6.07) is 3.57. The number of amides is 1. The number of ether oxygens (including phenoxy) is 2. The van der Waals surface area contributed by atoms with Crippen molar-refractivity contribution in [3.05, 3.63) is 18.3 Å². The Morgan fingerprint density at radius 3 is 2.89 bits per heavy atom. The first kappa shape index (κ1) is 12.6. The minimum Gasteiger partial charge on any atom is -0.473 e. The molecular formula is C12H17N3O3. The molecule has 1 aliphatic rings. The van der Waals surface area contributed by atoms with Crippen molar-refractivity contribution < 1.29 is 14.3 Å². The zero-order valence-electron chi connectivity index (χ0n) is 10.4. The van der Waals surface area contributed by atoms with Crippen molar-refractivity contribution in [2.24, 2.45) is 0 Å². The van der Waals surface area contributed by atoms with Gasteiger partial charge in [-0.3, -0.25) is 0 Å². The molecule has 1 fully saturated rings. The molecule has 18 heavy (non-hydrogen) atoms. The molecule has 0 atom stereocenters. The van der Waals surface area contributed by atoms with Crippen molar-refractivity contribution in [2.45, 2.75) is 25.9 Å². The van der Waals surface area contributed by atoms with Gasteiger partial charge in [-0.2, -0.15) is 5.10 Å². The molecule has 0 N–H and O–H groups in total. The van der Waals surface area contributed by atoms with E-state index in [1.165, 1.54) is 0 Å². The fraction of sp³-hybridized carbons (Fsp3) is 0.583. The molecule has 2 heterocycles. The Morgan fingerprint density at radius 1 is 1.50 bits per heavy atom. The summed E-state index contributed by atoms with van der Waals surface area (Å²) in [7, 11) is 0. The lowest BCUT2D eigenvalue weighted by Crippen LogP contribution is -2.42. The third-order valence-corrected chi connectivity index (χ3v) is 2.80. The minimum atomic E-state index is -0.240. The molecule has 1 aromatic heterocycles. The molecule has 6 nitrogen and oxygen atoms in total. The number of nitrogens with zero attached hydrogens (tertiary/aromatic N) is 3. The Hall–Kier alpha value is -1.85. The van der Waals surface area contributed by atoms with Crippen molar-refractivity contribution in [1.82, 2.24) is 15.1 Å². The van der Waals surface area contributed by atoms with Crippen LogP contribution in [0, 0.1) is 0 Å². The lowest BCUT2D eigenvalue weighted by molar-refractivity contribution is 0.0684. The van der Waals surface area contributed by atoms with E-state index in [0.717, 1.165) is 12.8 Å². The Bertz CT molecular complexity index is 377. The summed E-state index contributed by atoms with van der Waals surface area (Å²) >= 11 is 0. The lowest BCUT2D eigenvalue weighted by Gasteiger charge is -2.30. The fourth-order valence-electron chi connectivity index (χ4n) is 1.89. The maximum absolute atomic E-state index is 11.5. The van der Waals surface area contributed by atoms with Crippen molar-refractivity contribution in [3.63, 3.8) is 0 Å². The van der Waals surface area contributed by atoms with Gasteiger partial charge in [-0.1, -0.05) is 0 Å². The van der Waals surface area contributed by atoms with Gasteiger partial charge in [-0.15, -0.1) is 5.10 Å². The first-order valence-corrected chi connectivity index (χ1v) is 6.15.